The summed E-state index contributed by atoms with van der Waals surface area (Å²) in [5.74, 6) is -0.0686. The Bertz CT molecular complexity index is 2240. The van der Waals surface area contributed by atoms with E-state index in [-0.39, 0.29) is 54.8 Å². The van der Waals surface area contributed by atoms with Crippen molar-refractivity contribution in [3.05, 3.63) is 95.9 Å². The Hall–Kier alpha value is -5.31. The molecule has 0 aliphatic carbocycles. The molecule has 0 radical (unpaired) electrons. The molecule has 4 atom stereocenters. The maximum absolute atomic E-state index is 15.2. The van der Waals surface area contributed by atoms with Gasteiger partial charge in [-0.3, -0.25) is 19.1 Å². The van der Waals surface area contributed by atoms with Gasteiger partial charge >= 0.3 is 5.97 Å². The highest BCUT2D eigenvalue weighted by molar-refractivity contribution is 6.91. The van der Waals surface area contributed by atoms with Gasteiger partial charge in [-0.15, -0.1) is 5.10 Å². The van der Waals surface area contributed by atoms with Crippen molar-refractivity contribution in [2.24, 2.45) is 5.92 Å². The second-order valence-corrected chi connectivity index (χ2v) is 20.4. The Labute approximate surface area is 333 Å². The molecule has 2 amide bonds. The van der Waals surface area contributed by atoms with E-state index >= 15 is 4.79 Å². The van der Waals surface area contributed by atoms with E-state index in [0.717, 1.165) is 33.5 Å². The summed E-state index contributed by atoms with van der Waals surface area (Å²) in [7, 11) is 0.613. The number of amides is 2. The van der Waals surface area contributed by atoms with Gasteiger partial charge in [-0.25, -0.2) is 0 Å². The average Bonchev–Trinajstić information content (AvgIpc) is 3.97. The number of H-pyrrole nitrogens is 1. The van der Waals surface area contributed by atoms with Crippen molar-refractivity contribution in [3.8, 4) is 5.75 Å². The lowest BCUT2D eigenvalue weighted by molar-refractivity contribution is -0.146. The Morgan fingerprint density at radius 1 is 1.05 bits per heavy atom. The quantitative estimate of drug-likeness (QED) is 0.0668. The molecule has 1 fully saturated rings. The Morgan fingerprint density at radius 2 is 1.84 bits per heavy atom. The van der Waals surface area contributed by atoms with Gasteiger partial charge in [0.05, 0.1) is 46.2 Å². The number of carbonyl (C=O) groups is 3. The number of ether oxygens (including phenoxy) is 3. The fourth-order valence-electron chi connectivity index (χ4n) is 9.12. The number of para-hydroxylation sites is 1. The highest BCUT2D eigenvalue weighted by atomic mass is 28.3. The summed E-state index contributed by atoms with van der Waals surface area (Å²) < 4.78 is 19.5. The fraction of sp³-hybridized carbons (Fsp3) is 0.419. The van der Waals surface area contributed by atoms with Gasteiger partial charge < -0.3 is 34.5 Å². The smallest absolute Gasteiger partial charge is 0.305 e. The van der Waals surface area contributed by atoms with E-state index in [9.17, 15) is 14.7 Å². The number of unbranched alkanes of at least 4 members (excludes halogenated alkanes) is 1. The largest absolute Gasteiger partial charge is 0.497 e. The molecule has 2 aliphatic heterocycles. The molecule has 13 nitrogen and oxygen atoms in total. The third kappa shape index (κ3) is 7.73. The first-order valence-corrected chi connectivity index (χ1v) is 22.8. The molecule has 57 heavy (non-hydrogen) atoms. The summed E-state index contributed by atoms with van der Waals surface area (Å²) in [6.07, 6.45) is 5.99. The van der Waals surface area contributed by atoms with Gasteiger partial charge in [0.15, 0.2) is 5.60 Å². The molecule has 14 heteroatoms. The summed E-state index contributed by atoms with van der Waals surface area (Å²) in [6.45, 7) is 7.72. The van der Waals surface area contributed by atoms with Crippen LogP contribution in [0.3, 0.4) is 0 Å². The zero-order chi connectivity index (χ0) is 40.3. The number of hydrogen-bond donors (Lipinski definition) is 3. The number of aliphatic hydroxyl groups excluding tert-OH is 1. The minimum Gasteiger partial charge on any atom is -0.497 e. The number of benzene rings is 3. The van der Waals surface area contributed by atoms with Crippen LogP contribution in [0.4, 0.5) is 11.4 Å². The molecule has 4 heterocycles. The maximum atomic E-state index is 15.2. The minimum atomic E-state index is -2.42. The fourth-order valence-corrected chi connectivity index (χ4v) is 13.2. The van der Waals surface area contributed by atoms with Gasteiger partial charge in [-0.1, -0.05) is 60.7 Å². The van der Waals surface area contributed by atoms with Gasteiger partial charge in [0.25, 0.3) is 5.91 Å². The molecule has 300 valence electrons. The van der Waals surface area contributed by atoms with E-state index in [4.69, 9.17) is 14.2 Å². The molecule has 1 spiro atoms. The zero-order valence-electron chi connectivity index (χ0n) is 33.3. The molecule has 3 N–H and O–H groups in total. The average molecular weight is 793 g/mol. The number of anilines is 2. The number of carbonyl (C=O) groups excluding carboxylic acids is 3. The minimum absolute atomic E-state index is 0.0116. The lowest BCUT2D eigenvalue weighted by Gasteiger charge is -2.37. The van der Waals surface area contributed by atoms with Crippen molar-refractivity contribution in [2.45, 2.75) is 82.3 Å². The van der Waals surface area contributed by atoms with E-state index in [2.05, 4.69) is 52.8 Å². The van der Waals surface area contributed by atoms with E-state index in [0.29, 0.717) is 50.2 Å². The number of nitrogens with zero attached hydrogens (tertiary/aromatic N) is 4. The van der Waals surface area contributed by atoms with Gasteiger partial charge in [0.2, 0.25) is 5.91 Å². The lowest BCUT2D eigenvalue weighted by atomic mass is 9.82. The van der Waals surface area contributed by atoms with Crippen molar-refractivity contribution in [1.29, 1.82) is 0 Å². The topological polar surface area (TPSA) is 161 Å². The molecule has 1 saturated heterocycles. The lowest BCUT2D eigenvalue weighted by Crippen LogP contribution is -2.52. The molecule has 2 aromatic heterocycles. The van der Waals surface area contributed by atoms with Crippen molar-refractivity contribution in [2.75, 3.05) is 37.6 Å². The number of rotatable bonds is 16. The van der Waals surface area contributed by atoms with Crippen LogP contribution in [0, 0.1) is 5.92 Å². The summed E-state index contributed by atoms with van der Waals surface area (Å²) in [6, 6.07) is 21.8. The zero-order valence-corrected chi connectivity index (χ0v) is 34.3. The third-order valence-electron chi connectivity index (χ3n) is 12.0. The predicted molar refractivity (Wildman–Crippen MR) is 220 cm³/mol. The van der Waals surface area contributed by atoms with Crippen LogP contribution in [0.1, 0.15) is 49.4 Å². The van der Waals surface area contributed by atoms with Gasteiger partial charge in [-0.2, -0.15) is 0 Å². The maximum Gasteiger partial charge on any atom is 0.305 e. The third-order valence-corrected chi connectivity index (χ3v) is 16.3. The van der Waals surface area contributed by atoms with Crippen molar-refractivity contribution in [1.82, 2.24) is 20.0 Å². The number of methoxy groups -OCH3 is 2. The number of aromatic amines is 1. The highest BCUT2D eigenvalue weighted by Crippen LogP contribution is 2.60. The number of esters is 1. The van der Waals surface area contributed by atoms with Crippen LogP contribution in [0.5, 0.6) is 5.75 Å². The second kappa shape index (κ2) is 16.7. The molecule has 2 aliphatic rings. The molecule has 3 aromatic carbocycles. The van der Waals surface area contributed by atoms with Crippen LogP contribution in [0.25, 0.3) is 10.9 Å². The summed E-state index contributed by atoms with van der Waals surface area (Å²) >= 11 is 0. The van der Waals surface area contributed by atoms with Gasteiger partial charge in [0.1, 0.15) is 5.75 Å². The molecular weight excluding hydrogens is 741 g/mol. The molecule has 0 bridgehead atoms. The van der Waals surface area contributed by atoms with E-state index in [1.165, 1.54) is 12.3 Å². The number of nitrogens with one attached hydrogen (secondary N) is 2. The SMILES string of the molecule is COC(=O)CCCCN1C(=O)[C@]2(O[C@H](CCn3cc(CCO)nn3)[C@@H]([Si](C)(C)c3ccc(OC)cc3)[C@@H]2C)c2cc(NC(=O)Cc3c[nH]c4ccccc34)ccc21. The van der Waals surface area contributed by atoms with Crippen molar-refractivity contribution in [3.63, 3.8) is 0 Å². The highest BCUT2D eigenvalue weighted by Gasteiger charge is 2.66. The summed E-state index contributed by atoms with van der Waals surface area (Å²) in [5, 5.41) is 23.3. The molecule has 0 saturated carbocycles. The van der Waals surface area contributed by atoms with E-state index in [1.54, 1.807) is 16.7 Å². The molecule has 0 unspecified atom stereocenters. The Balaban J connectivity index is 1.25. The number of aromatic nitrogens is 4. The van der Waals surface area contributed by atoms with Crippen LogP contribution in [0.2, 0.25) is 18.6 Å². The first-order valence-electron chi connectivity index (χ1n) is 19.7. The van der Waals surface area contributed by atoms with Gasteiger partial charge in [0, 0.05) is 73.0 Å². The van der Waals surface area contributed by atoms with Crippen molar-refractivity contribution >= 4 is 53.3 Å². The standard InChI is InChI=1S/C43H52N6O7Si/c1-28-41(57(4,5)33-16-14-32(54-2)15-17-33)38(19-22-48-27-31(20-23-50)46-47-48)56-43(28)35-25-30(45-39(51)24-29-26-44-36-11-7-6-10-34(29)36)13-18-37(35)49(42(43)53)21-9-8-12-40(52)55-3/h6-7,10-11,13-18,25-28,38,41,44,50H,8-9,12,19-24H2,1-5H3,(H,45,51)/t28-,38+,41-,43+/m0/s1. The van der Waals surface area contributed by atoms with Crippen LogP contribution in [-0.4, -0.2) is 84.4 Å². The molecule has 5 aromatic rings. The number of hydrogen-bond acceptors (Lipinski definition) is 9. The van der Waals surface area contributed by atoms with Crippen LogP contribution < -0.4 is 20.1 Å². The van der Waals surface area contributed by atoms with Gasteiger partial charge in [-0.05, 0) is 66.8 Å². The monoisotopic (exact) mass is 792 g/mol. The number of aliphatic hydroxyl groups is 1. The second-order valence-electron chi connectivity index (χ2n) is 15.7. The number of aryl methyl sites for hydroxylation is 1. The molecular formula is C43H52N6O7Si. The van der Waals surface area contributed by atoms with E-state index in [1.807, 2.05) is 67.0 Å². The molecule has 7 rings (SSSR count). The van der Waals surface area contributed by atoms with E-state index < -0.39 is 13.7 Å². The number of fused-ring (bicyclic) bond motifs is 3. The van der Waals surface area contributed by atoms with Crippen molar-refractivity contribution < 1.29 is 33.7 Å². The Morgan fingerprint density at radius 3 is 2.60 bits per heavy atom. The normalized spacial score (nSPS) is 20.4. The van der Waals surface area contributed by atoms with Crippen LogP contribution >= 0.6 is 0 Å². The first-order chi connectivity index (χ1) is 27.5. The van der Waals surface area contributed by atoms with Crippen LogP contribution in [0.15, 0.2) is 79.1 Å². The summed E-state index contributed by atoms with van der Waals surface area (Å²) in [4.78, 5) is 45.8. The Kier molecular flexibility index (Phi) is 11.7. The predicted octanol–water partition coefficient (Wildman–Crippen LogP) is 5.48. The summed E-state index contributed by atoms with van der Waals surface area (Å²) in [5.41, 5.74) is 3.30. The van der Waals surface area contributed by atoms with Crippen LogP contribution in [-0.2, 0) is 48.8 Å². The first kappa shape index (κ1) is 39.9.